The molecule has 0 atom stereocenters. The molecule has 16 heavy (non-hydrogen) atoms. The minimum atomic E-state index is 0.238. The van der Waals surface area contributed by atoms with Crippen molar-refractivity contribution in [1.82, 2.24) is 0 Å². The molecule has 2 aromatic carbocycles. The summed E-state index contributed by atoms with van der Waals surface area (Å²) in [5.41, 5.74) is 3.41. The van der Waals surface area contributed by atoms with Gasteiger partial charge in [-0.15, -0.1) is 0 Å². The van der Waals surface area contributed by atoms with Crippen LogP contribution in [0.25, 0.3) is 0 Å². The van der Waals surface area contributed by atoms with Crippen LogP contribution in [0.1, 0.15) is 5.56 Å². The minimum absolute atomic E-state index is 0.238. The zero-order valence-corrected chi connectivity index (χ0v) is 8.51. The smallest absolute Gasteiger partial charge is 0.126 e. The van der Waals surface area contributed by atoms with Gasteiger partial charge in [-0.2, -0.15) is 0 Å². The number of aliphatic imine (C=N–C) groups is 1. The Labute approximate surface area is 93.1 Å². The van der Waals surface area contributed by atoms with Crippen molar-refractivity contribution in [1.29, 1.82) is 0 Å². The maximum absolute atomic E-state index is 9.73. The summed E-state index contributed by atoms with van der Waals surface area (Å²) in [7, 11) is 0. The lowest BCUT2D eigenvalue weighted by atomic mass is 10.1. The zero-order chi connectivity index (χ0) is 11.0. The van der Waals surface area contributed by atoms with Crippen LogP contribution < -0.4 is 5.32 Å². The Balaban J connectivity index is 2.21. The average molecular weight is 210 g/mol. The third-order valence-electron chi connectivity index (χ3n) is 2.59. The Morgan fingerprint density at radius 3 is 2.69 bits per heavy atom. The number of hydrogen-bond donors (Lipinski definition) is 2. The Morgan fingerprint density at radius 1 is 0.938 bits per heavy atom. The van der Waals surface area contributed by atoms with Crippen molar-refractivity contribution in [2.24, 2.45) is 4.99 Å². The molecule has 1 aliphatic heterocycles. The van der Waals surface area contributed by atoms with Gasteiger partial charge in [-0.25, -0.2) is 0 Å². The van der Waals surface area contributed by atoms with Crippen LogP contribution in [-0.2, 0) is 0 Å². The molecule has 0 fully saturated rings. The number of para-hydroxylation sites is 2. The minimum Gasteiger partial charge on any atom is -0.507 e. The fourth-order valence-electron chi connectivity index (χ4n) is 1.77. The first-order chi connectivity index (χ1) is 7.84. The molecule has 0 radical (unpaired) electrons. The fraction of sp³-hybridized carbons (Fsp3) is 0. The quantitative estimate of drug-likeness (QED) is 0.598. The summed E-state index contributed by atoms with van der Waals surface area (Å²) < 4.78 is 0. The standard InChI is InChI=1S/C13H10N2O/c16-13-7-3-6-10-9(13)8-14-11-4-1-2-5-12(11)15-10/h1-8,15-16H. The second-order valence-electron chi connectivity index (χ2n) is 3.64. The van der Waals surface area contributed by atoms with E-state index in [4.69, 9.17) is 0 Å². The van der Waals surface area contributed by atoms with Crippen molar-refractivity contribution in [2.75, 3.05) is 5.32 Å². The number of phenols is 1. The molecule has 1 heterocycles. The van der Waals surface area contributed by atoms with Crippen molar-refractivity contribution >= 4 is 23.3 Å². The van der Waals surface area contributed by atoms with Gasteiger partial charge in [0.15, 0.2) is 0 Å². The van der Waals surface area contributed by atoms with E-state index in [1.807, 2.05) is 36.4 Å². The van der Waals surface area contributed by atoms with Crippen LogP contribution in [0.5, 0.6) is 5.75 Å². The molecule has 1 aliphatic rings. The summed E-state index contributed by atoms with van der Waals surface area (Å²) in [6.45, 7) is 0. The van der Waals surface area contributed by atoms with Crippen LogP contribution in [0.4, 0.5) is 17.1 Å². The molecule has 0 unspecified atom stereocenters. The molecule has 0 saturated heterocycles. The van der Waals surface area contributed by atoms with Crippen LogP contribution in [0, 0.1) is 0 Å². The Kier molecular flexibility index (Phi) is 1.90. The summed E-state index contributed by atoms with van der Waals surface area (Å²) in [6, 6.07) is 13.2. The molecular weight excluding hydrogens is 200 g/mol. The number of fused-ring (bicyclic) bond motifs is 2. The number of anilines is 2. The van der Waals surface area contributed by atoms with Crippen molar-refractivity contribution in [3.05, 3.63) is 48.0 Å². The van der Waals surface area contributed by atoms with Crippen LogP contribution in [0.2, 0.25) is 0 Å². The highest BCUT2D eigenvalue weighted by atomic mass is 16.3. The lowest BCUT2D eigenvalue weighted by molar-refractivity contribution is 0.475. The van der Waals surface area contributed by atoms with E-state index < -0.39 is 0 Å². The highest BCUT2D eigenvalue weighted by molar-refractivity contribution is 5.97. The van der Waals surface area contributed by atoms with E-state index in [-0.39, 0.29) is 5.75 Å². The predicted octanol–water partition coefficient (Wildman–Crippen LogP) is 3.20. The second-order valence-corrected chi connectivity index (χ2v) is 3.64. The number of hydrogen-bond acceptors (Lipinski definition) is 3. The lowest BCUT2D eigenvalue weighted by Crippen LogP contribution is -1.92. The largest absolute Gasteiger partial charge is 0.507 e. The molecule has 0 amide bonds. The van der Waals surface area contributed by atoms with Gasteiger partial charge in [0.25, 0.3) is 0 Å². The van der Waals surface area contributed by atoms with Gasteiger partial charge in [-0.1, -0.05) is 18.2 Å². The molecule has 3 nitrogen and oxygen atoms in total. The summed E-state index contributed by atoms with van der Waals surface area (Å²) >= 11 is 0. The van der Waals surface area contributed by atoms with E-state index in [0.29, 0.717) is 0 Å². The third-order valence-corrected chi connectivity index (χ3v) is 2.59. The van der Waals surface area contributed by atoms with Gasteiger partial charge in [0, 0.05) is 6.21 Å². The van der Waals surface area contributed by atoms with E-state index in [0.717, 1.165) is 22.6 Å². The number of aromatic hydroxyl groups is 1. The first-order valence-electron chi connectivity index (χ1n) is 5.07. The molecular formula is C13H10N2O. The Morgan fingerprint density at radius 2 is 1.75 bits per heavy atom. The van der Waals surface area contributed by atoms with Crippen LogP contribution in [0.3, 0.4) is 0 Å². The van der Waals surface area contributed by atoms with E-state index in [1.54, 1.807) is 12.3 Å². The molecule has 0 aromatic heterocycles. The monoisotopic (exact) mass is 210 g/mol. The van der Waals surface area contributed by atoms with Crippen molar-refractivity contribution in [3.8, 4) is 5.75 Å². The van der Waals surface area contributed by atoms with Gasteiger partial charge in [-0.3, -0.25) is 4.99 Å². The number of nitrogens with one attached hydrogen (secondary N) is 1. The first-order valence-corrected chi connectivity index (χ1v) is 5.07. The number of nitrogens with zero attached hydrogens (tertiary/aromatic N) is 1. The first kappa shape index (κ1) is 8.97. The number of phenolic OH excluding ortho intramolecular Hbond substituents is 1. The Hall–Kier alpha value is -2.29. The van der Waals surface area contributed by atoms with E-state index in [1.165, 1.54) is 0 Å². The summed E-state index contributed by atoms with van der Waals surface area (Å²) in [5, 5.41) is 13.0. The van der Waals surface area contributed by atoms with Gasteiger partial charge in [0.2, 0.25) is 0 Å². The summed E-state index contributed by atoms with van der Waals surface area (Å²) in [6.07, 6.45) is 1.68. The number of rotatable bonds is 0. The van der Waals surface area contributed by atoms with E-state index in [2.05, 4.69) is 10.3 Å². The number of benzene rings is 2. The predicted molar refractivity (Wildman–Crippen MR) is 65.1 cm³/mol. The van der Waals surface area contributed by atoms with E-state index >= 15 is 0 Å². The Bertz CT molecular complexity index is 576. The maximum Gasteiger partial charge on any atom is 0.126 e. The molecule has 0 spiro atoms. The summed E-state index contributed by atoms with van der Waals surface area (Å²) in [4.78, 5) is 4.34. The van der Waals surface area contributed by atoms with Crippen LogP contribution >= 0.6 is 0 Å². The molecule has 0 aliphatic carbocycles. The van der Waals surface area contributed by atoms with Gasteiger partial charge in [0.1, 0.15) is 5.75 Å². The fourth-order valence-corrected chi connectivity index (χ4v) is 1.77. The lowest BCUT2D eigenvalue weighted by Gasteiger charge is -2.08. The molecule has 3 heteroatoms. The summed E-state index contributed by atoms with van der Waals surface area (Å²) in [5.74, 6) is 0.238. The van der Waals surface area contributed by atoms with Crippen molar-refractivity contribution in [2.45, 2.75) is 0 Å². The third kappa shape index (κ3) is 1.34. The zero-order valence-electron chi connectivity index (χ0n) is 8.51. The molecule has 3 rings (SSSR count). The van der Waals surface area contributed by atoms with Gasteiger partial charge in [-0.05, 0) is 24.3 Å². The van der Waals surface area contributed by atoms with Gasteiger partial charge >= 0.3 is 0 Å². The van der Waals surface area contributed by atoms with Crippen LogP contribution in [0.15, 0.2) is 47.5 Å². The normalized spacial score (nSPS) is 12.2. The van der Waals surface area contributed by atoms with Crippen LogP contribution in [-0.4, -0.2) is 11.3 Å². The molecule has 0 bridgehead atoms. The van der Waals surface area contributed by atoms with Crippen molar-refractivity contribution < 1.29 is 5.11 Å². The topological polar surface area (TPSA) is 44.6 Å². The maximum atomic E-state index is 9.73. The highest BCUT2D eigenvalue weighted by Gasteiger charge is 2.10. The SMILES string of the molecule is Oc1cccc2c1C=Nc1ccccc1N2. The highest BCUT2D eigenvalue weighted by Crippen LogP contribution is 2.34. The second kappa shape index (κ2) is 3.38. The average Bonchev–Trinajstić information content (AvgIpc) is 2.48. The molecule has 0 saturated carbocycles. The molecule has 78 valence electrons. The van der Waals surface area contributed by atoms with E-state index in [9.17, 15) is 5.11 Å². The van der Waals surface area contributed by atoms with Gasteiger partial charge in [0.05, 0.1) is 22.6 Å². The molecule has 2 aromatic rings. The van der Waals surface area contributed by atoms with Gasteiger partial charge < -0.3 is 10.4 Å². The molecule has 2 N–H and O–H groups in total. The van der Waals surface area contributed by atoms with Crippen molar-refractivity contribution in [3.63, 3.8) is 0 Å².